The van der Waals surface area contributed by atoms with Crippen molar-refractivity contribution in [2.45, 2.75) is 6.10 Å². The van der Waals surface area contributed by atoms with Crippen LogP contribution in [0.15, 0.2) is 23.8 Å². The molecule has 0 spiro atoms. The fraction of sp³-hybridized carbons (Fsp3) is 0.231. The van der Waals surface area contributed by atoms with Crippen LogP contribution in [0.5, 0.6) is 5.75 Å². The molecule has 0 aromatic heterocycles. The summed E-state index contributed by atoms with van der Waals surface area (Å²) < 4.78 is 14.5. The predicted molar refractivity (Wildman–Crippen MR) is 69.5 cm³/mol. The molecule has 0 N–H and O–H groups in total. The van der Waals surface area contributed by atoms with Crippen molar-refractivity contribution in [3.05, 3.63) is 39.4 Å². The van der Waals surface area contributed by atoms with Crippen molar-refractivity contribution in [2.24, 2.45) is 0 Å². The number of fused-ring (bicyclic) bond motifs is 1. The number of hydrogen-bond acceptors (Lipinski definition) is 7. The van der Waals surface area contributed by atoms with Crippen LogP contribution in [-0.2, 0) is 19.1 Å². The summed E-state index contributed by atoms with van der Waals surface area (Å²) in [6, 6.07) is 3.84. The molecule has 0 radical (unpaired) electrons. The first kappa shape index (κ1) is 14.5. The summed E-state index contributed by atoms with van der Waals surface area (Å²) in [4.78, 5) is 33.6. The zero-order valence-electron chi connectivity index (χ0n) is 11.2. The van der Waals surface area contributed by atoms with E-state index >= 15 is 0 Å². The molecular weight excluding hydrogens is 282 g/mol. The normalized spacial score (nSPS) is 16.1. The van der Waals surface area contributed by atoms with Gasteiger partial charge in [0.05, 0.1) is 24.7 Å². The summed E-state index contributed by atoms with van der Waals surface area (Å²) in [5.41, 5.74) is 0.0661. The molecule has 2 rings (SSSR count). The molecular formula is C13H11NO7. The number of hydrogen-bond donors (Lipinski definition) is 0. The number of methoxy groups -OCH3 is 2. The maximum absolute atomic E-state index is 11.7. The van der Waals surface area contributed by atoms with Crippen molar-refractivity contribution in [1.82, 2.24) is 0 Å². The molecule has 0 fully saturated rings. The Morgan fingerprint density at radius 2 is 2.00 bits per heavy atom. The molecule has 1 unspecified atom stereocenters. The van der Waals surface area contributed by atoms with Crippen LogP contribution in [0.2, 0.25) is 0 Å². The summed E-state index contributed by atoms with van der Waals surface area (Å²) in [5, 5.41) is 10.8. The molecule has 1 aromatic rings. The van der Waals surface area contributed by atoms with E-state index in [-0.39, 0.29) is 17.0 Å². The van der Waals surface area contributed by atoms with Crippen molar-refractivity contribution in [1.29, 1.82) is 0 Å². The molecule has 1 heterocycles. The third-order valence-electron chi connectivity index (χ3n) is 2.88. The molecule has 1 aromatic carbocycles. The van der Waals surface area contributed by atoms with Gasteiger partial charge in [0.25, 0.3) is 5.69 Å². The second-order valence-corrected chi connectivity index (χ2v) is 4.09. The van der Waals surface area contributed by atoms with Gasteiger partial charge in [0.15, 0.2) is 0 Å². The summed E-state index contributed by atoms with van der Waals surface area (Å²) >= 11 is 0. The highest BCUT2D eigenvalue weighted by molar-refractivity contribution is 6.02. The Balaban J connectivity index is 2.51. The van der Waals surface area contributed by atoms with E-state index in [1.54, 1.807) is 0 Å². The average Bonchev–Trinajstić information content (AvgIpc) is 2.51. The van der Waals surface area contributed by atoms with E-state index in [4.69, 9.17) is 4.74 Å². The molecule has 1 atom stereocenters. The van der Waals surface area contributed by atoms with Gasteiger partial charge in [-0.2, -0.15) is 0 Å². The number of esters is 2. The number of nitrogens with zero attached hydrogens (tertiary/aromatic N) is 1. The predicted octanol–water partition coefficient (Wildman–Crippen LogP) is 1.09. The monoisotopic (exact) mass is 293 g/mol. The summed E-state index contributed by atoms with van der Waals surface area (Å²) in [6.45, 7) is 0. The molecule has 1 aliphatic rings. The Bertz CT molecular complexity index is 650. The fourth-order valence-electron chi connectivity index (χ4n) is 1.87. The smallest absolute Gasteiger partial charge is 0.352 e. The zero-order valence-corrected chi connectivity index (χ0v) is 11.2. The number of carbonyl (C=O) groups is 2. The van der Waals surface area contributed by atoms with E-state index < -0.39 is 23.0 Å². The lowest BCUT2D eigenvalue weighted by atomic mass is 10.0. The van der Waals surface area contributed by atoms with E-state index in [1.165, 1.54) is 24.3 Å². The summed E-state index contributed by atoms with van der Waals surface area (Å²) in [5.74, 6) is -1.30. The number of carbonyl (C=O) groups excluding carboxylic acids is 2. The first-order valence-electron chi connectivity index (χ1n) is 5.80. The van der Waals surface area contributed by atoms with Gasteiger partial charge in [-0.15, -0.1) is 0 Å². The van der Waals surface area contributed by atoms with Crippen molar-refractivity contribution in [3.8, 4) is 5.75 Å². The number of benzene rings is 1. The highest BCUT2D eigenvalue weighted by Crippen LogP contribution is 2.33. The Hall–Kier alpha value is -2.90. The van der Waals surface area contributed by atoms with Gasteiger partial charge in [-0.1, -0.05) is 0 Å². The van der Waals surface area contributed by atoms with E-state index in [2.05, 4.69) is 9.47 Å². The van der Waals surface area contributed by atoms with Crippen LogP contribution in [0.1, 0.15) is 5.56 Å². The molecule has 0 amide bonds. The third kappa shape index (κ3) is 2.69. The third-order valence-corrected chi connectivity index (χ3v) is 2.88. The maximum Gasteiger partial charge on any atom is 0.352 e. The summed E-state index contributed by atoms with van der Waals surface area (Å²) in [7, 11) is 2.31. The van der Waals surface area contributed by atoms with Gasteiger partial charge in [0.2, 0.25) is 6.10 Å². The topological polar surface area (TPSA) is 105 Å². The number of ether oxygens (including phenoxy) is 3. The van der Waals surface area contributed by atoms with Gasteiger partial charge in [-0.25, -0.2) is 9.59 Å². The SMILES string of the molecule is COC(=O)C1=Cc2cc([N+](=O)[O-])ccc2OC1C(=O)OC. The van der Waals surface area contributed by atoms with Gasteiger partial charge < -0.3 is 14.2 Å². The van der Waals surface area contributed by atoms with E-state index in [0.29, 0.717) is 5.56 Å². The van der Waals surface area contributed by atoms with Gasteiger partial charge in [0, 0.05) is 17.7 Å². The summed E-state index contributed by atoms with van der Waals surface area (Å²) in [6.07, 6.45) is 0.0515. The lowest BCUT2D eigenvalue weighted by Gasteiger charge is -2.23. The van der Waals surface area contributed by atoms with Crippen LogP contribution < -0.4 is 4.74 Å². The van der Waals surface area contributed by atoms with Crippen LogP contribution in [0.25, 0.3) is 6.08 Å². The number of nitro benzene ring substituents is 1. The standard InChI is InChI=1S/C13H11NO7/c1-19-12(15)9-6-7-5-8(14(17)18)3-4-10(7)21-11(9)13(16)20-2/h3-6,11H,1-2H3. The number of non-ortho nitro benzene ring substituents is 1. The second-order valence-electron chi connectivity index (χ2n) is 4.09. The minimum Gasteiger partial charge on any atom is -0.473 e. The Kier molecular flexibility index (Phi) is 3.88. The molecule has 0 saturated carbocycles. The molecule has 8 nitrogen and oxygen atoms in total. The molecule has 110 valence electrons. The van der Waals surface area contributed by atoms with Gasteiger partial charge >= 0.3 is 11.9 Å². The quantitative estimate of drug-likeness (QED) is 0.466. The highest BCUT2D eigenvalue weighted by Gasteiger charge is 2.35. The van der Waals surface area contributed by atoms with Crippen LogP contribution in [0, 0.1) is 10.1 Å². The molecule has 1 aliphatic heterocycles. The largest absolute Gasteiger partial charge is 0.473 e. The second kappa shape index (κ2) is 5.61. The number of nitro groups is 1. The lowest BCUT2D eigenvalue weighted by molar-refractivity contribution is -0.384. The fourth-order valence-corrected chi connectivity index (χ4v) is 1.87. The first-order chi connectivity index (χ1) is 9.97. The molecule has 0 aliphatic carbocycles. The van der Waals surface area contributed by atoms with Crippen molar-refractivity contribution in [2.75, 3.05) is 14.2 Å². The Morgan fingerprint density at radius 3 is 2.57 bits per heavy atom. The van der Waals surface area contributed by atoms with Crippen LogP contribution in [0.3, 0.4) is 0 Å². The van der Waals surface area contributed by atoms with E-state index in [0.717, 1.165) is 14.2 Å². The molecule has 21 heavy (non-hydrogen) atoms. The first-order valence-corrected chi connectivity index (χ1v) is 5.80. The molecule has 0 bridgehead atoms. The highest BCUT2D eigenvalue weighted by atomic mass is 16.6. The Labute approximate surface area is 119 Å². The number of rotatable bonds is 3. The van der Waals surface area contributed by atoms with E-state index in [1.807, 2.05) is 0 Å². The van der Waals surface area contributed by atoms with Crippen molar-refractivity contribution < 1.29 is 28.7 Å². The van der Waals surface area contributed by atoms with Gasteiger partial charge in [0.1, 0.15) is 5.75 Å². The molecule has 0 saturated heterocycles. The minimum atomic E-state index is -1.27. The zero-order chi connectivity index (χ0) is 15.6. The maximum atomic E-state index is 11.7. The van der Waals surface area contributed by atoms with Crippen LogP contribution in [0.4, 0.5) is 5.69 Å². The van der Waals surface area contributed by atoms with Gasteiger partial charge in [-0.3, -0.25) is 10.1 Å². The lowest BCUT2D eigenvalue weighted by Crippen LogP contribution is -2.36. The van der Waals surface area contributed by atoms with Crippen molar-refractivity contribution >= 4 is 23.7 Å². The Morgan fingerprint density at radius 1 is 1.29 bits per heavy atom. The van der Waals surface area contributed by atoms with Crippen LogP contribution >= 0.6 is 0 Å². The molecule has 8 heteroatoms. The average molecular weight is 293 g/mol. The van der Waals surface area contributed by atoms with Crippen LogP contribution in [-0.4, -0.2) is 37.2 Å². The van der Waals surface area contributed by atoms with Gasteiger partial charge in [-0.05, 0) is 12.1 Å². The van der Waals surface area contributed by atoms with Crippen molar-refractivity contribution in [3.63, 3.8) is 0 Å². The van der Waals surface area contributed by atoms with E-state index in [9.17, 15) is 19.7 Å². The minimum absolute atomic E-state index is 0.0858.